The Morgan fingerprint density at radius 3 is 2.50 bits per heavy atom. The molecule has 2 rings (SSSR count). The van der Waals surface area contributed by atoms with Crippen LogP contribution in [0, 0.1) is 10.1 Å². The van der Waals surface area contributed by atoms with Crippen molar-refractivity contribution in [2.45, 2.75) is 0 Å². The molecule has 0 spiro atoms. The van der Waals surface area contributed by atoms with Gasteiger partial charge in [-0.1, -0.05) is 6.07 Å². The lowest BCUT2D eigenvalue weighted by molar-refractivity contribution is -0.385. The molecule has 2 aromatic rings. The van der Waals surface area contributed by atoms with E-state index in [4.69, 9.17) is 5.11 Å². The van der Waals surface area contributed by atoms with Gasteiger partial charge in [-0.05, 0) is 46.3 Å². The molecule has 0 fully saturated rings. The van der Waals surface area contributed by atoms with Gasteiger partial charge in [0.05, 0.1) is 15.0 Å². The number of amides is 1. The Labute approximate surface area is 132 Å². The average molecular weight is 365 g/mol. The fraction of sp³-hybridized carbons (Fsp3) is 0. The number of nitrogens with zero attached hydrogens (tertiary/aromatic N) is 1. The number of nitro groups is 1. The van der Waals surface area contributed by atoms with Crippen molar-refractivity contribution >= 4 is 39.2 Å². The maximum absolute atomic E-state index is 12.1. The molecule has 0 saturated carbocycles. The maximum Gasteiger partial charge on any atom is 0.335 e. The summed E-state index contributed by atoms with van der Waals surface area (Å²) >= 11 is 3.03. The van der Waals surface area contributed by atoms with Crippen molar-refractivity contribution in [3.63, 3.8) is 0 Å². The Kier molecular flexibility index (Phi) is 4.52. The second kappa shape index (κ2) is 6.35. The van der Waals surface area contributed by atoms with Crippen LogP contribution in [0.2, 0.25) is 0 Å². The van der Waals surface area contributed by atoms with E-state index in [1.165, 1.54) is 36.4 Å². The smallest absolute Gasteiger partial charge is 0.335 e. The fourth-order valence-electron chi connectivity index (χ4n) is 1.73. The second-order valence-corrected chi connectivity index (χ2v) is 5.12. The van der Waals surface area contributed by atoms with Gasteiger partial charge in [-0.3, -0.25) is 14.9 Å². The van der Waals surface area contributed by atoms with E-state index in [0.29, 0.717) is 0 Å². The number of hydrogen-bond acceptors (Lipinski definition) is 4. The number of anilines is 1. The predicted molar refractivity (Wildman–Crippen MR) is 82.2 cm³/mol. The van der Waals surface area contributed by atoms with E-state index in [-0.39, 0.29) is 27.0 Å². The van der Waals surface area contributed by atoms with Crippen LogP contribution in [0.3, 0.4) is 0 Å². The second-order valence-electron chi connectivity index (χ2n) is 4.26. The van der Waals surface area contributed by atoms with Gasteiger partial charge in [-0.2, -0.15) is 0 Å². The molecule has 0 aromatic heterocycles. The number of carboxylic acids is 1. The van der Waals surface area contributed by atoms with Crippen LogP contribution in [-0.2, 0) is 0 Å². The van der Waals surface area contributed by atoms with E-state index in [9.17, 15) is 19.7 Å². The van der Waals surface area contributed by atoms with Crippen LogP contribution in [-0.4, -0.2) is 21.9 Å². The number of nitrogens with one attached hydrogen (secondary N) is 1. The number of halogens is 1. The highest BCUT2D eigenvalue weighted by atomic mass is 79.9. The highest BCUT2D eigenvalue weighted by Crippen LogP contribution is 2.26. The molecule has 2 N–H and O–H groups in total. The first-order valence-electron chi connectivity index (χ1n) is 5.97. The van der Waals surface area contributed by atoms with E-state index in [1.807, 2.05) is 0 Å². The molecule has 0 aliphatic carbocycles. The lowest BCUT2D eigenvalue weighted by Gasteiger charge is -2.06. The van der Waals surface area contributed by atoms with E-state index in [0.717, 1.165) is 6.07 Å². The van der Waals surface area contributed by atoms with Gasteiger partial charge < -0.3 is 10.4 Å². The summed E-state index contributed by atoms with van der Waals surface area (Å²) in [6.07, 6.45) is 0. The van der Waals surface area contributed by atoms with Crippen LogP contribution < -0.4 is 5.32 Å². The molecule has 0 bridgehead atoms. The van der Waals surface area contributed by atoms with Crippen molar-refractivity contribution in [1.29, 1.82) is 0 Å². The molecule has 0 unspecified atom stereocenters. The zero-order valence-corrected chi connectivity index (χ0v) is 12.5. The Morgan fingerprint density at radius 2 is 1.86 bits per heavy atom. The van der Waals surface area contributed by atoms with Crippen molar-refractivity contribution in [3.8, 4) is 0 Å². The molecule has 0 saturated heterocycles. The summed E-state index contributed by atoms with van der Waals surface area (Å²) in [5.41, 5.74) is 0.178. The van der Waals surface area contributed by atoms with Gasteiger partial charge in [-0.25, -0.2) is 4.79 Å². The van der Waals surface area contributed by atoms with Crippen LogP contribution in [0.25, 0.3) is 0 Å². The van der Waals surface area contributed by atoms with Crippen molar-refractivity contribution in [3.05, 3.63) is 68.2 Å². The monoisotopic (exact) mass is 364 g/mol. The van der Waals surface area contributed by atoms with E-state index in [2.05, 4.69) is 21.2 Å². The summed E-state index contributed by atoms with van der Waals surface area (Å²) in [6, 6.07) is 9.67. The summed E-state index contributed by atoms with van der Waals surface area (Å²) in [6.45, 7) is 0. The molecule has 0 radical (unpaired) electrons. The first-order valence-corrected chi connectivity index (χ1v) is 6.76. The molecule has 0 aliphatic heterocycles. The third-order valence-corrected chi connectivity index (χ3v) is 3.44. The normalized spacial score (nSPS) is 10.0. The molecule has 22 heavy (non-hydrogen) atoms. The lowest BCUT2D eigenvalue weighted by Crippen LogP contribution is -2.12. The minimum Gasteiger partial charge on any atom is -0.478 e. The van der Waals surface area contributed by atoms with Crippen LogP contribution in [0.5, 0.6) is 0 Å². The molecule has 8 heteroatoms. The zero-order chi connectivity index (χ0) is 16.3. The number of benzene rings is 2. The summed E-state index contributed by atoms with van der Waals surface area (Å²) in [4.78, 5) is 33.2. The molecule has 1 amide bonds. The quantitative estimate of drug-likeness (QED) is 0.638. The first-order chi connectivity index (χ1) is 10.4. The maximum atomic E-state index is 12.1. The minimum absolute atomic E-state index is 0.0274. The van der Waals surface area contributed by atoms with Crippen LogP contribution in [0.4, 0.5) is 11.4 Å². The molecule has 112 valence electrons. The number of hydrogen-bond donors (Lipinski definition) is 2. The number of aromatic carboxylic acids is 1. The highest BCUT2D eigenvalue weighted by molar-refractivity contribution is 9.10. The van der Waals surface area contributed by atoms with Crippen molar-refractivity contribution in [2.75, 3.05) is 5.32 Å². The van der Waals surface area contributed by atoms with E-state index in [1.54, 1.807) is 0 Å². The Morgan fingerprint density at radius 1 is 1.14 bits per heavy atom. The molecule has 0 atom stereocenters. The predicted octanol–water partition coefficient (Wildman–Crippen LogP) is 3.31. The molecule has 7 nitrogen and oxygen atoms in total. The number of nitro benzene ring substituents is 1. The van der Waals surface area contributed by atoms with Gasteiger partial charge >= 0.3 is 5.97 Å². The van der Waals surface area contributed by atoms with Crippen LogP contribution in [0.1, 0.15) is 20.7 Å². The Hall–Kier alpha value is -2.74. The molecular weight excluding hydrogens is 356 g/mol. The van der Waals surface area contributed by atoms with E-state index >= 15 is 0 Å². The number of carboxylic acid groups (broad SMARTS) is 1. The first kappa shape index (κ1) is 15.6. The minimum atomic E-state index is -1.12. The third-order valence-electron chi connectivity index (χ3n) is 2.77. The van der Waals surface area contributed by atoms with Gasteiger partial charge in [0.2, 0.25) is 0 Å². The Balaban J connectivity index is 2.26. The van der Waals surface area contributed by atoms with Gasteiger partial charge in [0.25, 0.3) is 11.6 Å². The van der Waals surface area contributed by atoms with Crippen LogP contribution in [0.15, 0.2) is 46.9 Å². The highest BCUT2D eigenvalue weighted by Gasteiger charge is 2.16. The zero-order valence-electron chi connectivity index (χ0n) is 10.9. The van der Waals surface area contributed by atoms with Gasteiger partial charge in [-0.15, -0.1) is 0 Å². The standard InChI is InChI=1S/C14H9BrN2O5/c15-11-5-4-8(7-12(11)17(21)22)13(18)16-10-3-1-2-9(6-10)14(19)20/h1-7H,(H,16,18)(H,19,20). The Bertz CT molecular complexity index is 776. The van der Waals surface area contributed by atoms with Crippen molar-refractivity contribution in [1.82, 2.24) is 0 Å². The SMILES string of the molecule is O=C(O)c1cccc(NC(=O)c2ccc(Br)c([N+](=O)[O-])c2)c1. The van der Waals surface area contributed by atoms with Gasteiger partial charge in [0, 0.05) is 17.3 Å². The van der Waals surface area contributed by atoms with Crippen molar-refractivity contribution in [2.24, 2.45) is 0 Å². The summed E-state index contributed by atoms with van der Waals surface area (Å²) in [5.74, 6) is -1.69. The average Bonchev–Trinajstić information content (AvgIpc) is 2.47. The number of rotatable bonds is 4. The largest absolute Gasteiger partial charge is 0.478 e. The van der Waals surface area contributed by atoms with E-state index < -0.39 is 16.8 Å². The van der Waals surface area contributed by atoms with Crippen LogP contribution >= 0.6 is 15.9 Å². The molecule has 0 heterocycles. The molecule has 0 aliphatic rings. The number of carbonyl (C=O) groups is 2. The van der Waals surface area contributed by atoms with Crippen molar-refractivity contribution < 1.29 is 19.6 Å². The van der Waals surface area contributed by atoms with Gasteiger partial charge in [0.15, 0.2) is 0 Å². The topological polar surface area (TPSA) is 110 Å². The lowest BCUT2D eigenvalue weighted by atomic mass is 10.1. The summed E-state index contributed by atoms with van der Waals surface area (Å²) in [7, 11) is 0. The third kappa shape index (κ3) is 3.47. The number of carbonyl (C=O) groups excluding carboxylic acids is 1. The molecule has 2 aromatic carbocycles. The molecular formula is C14H9BrN2O5. The fourth-order valence-corrected chi connectivity index (χ4v) is 2.12. The summed E-state index contributed by atoms with van der Waals surface area (Å²) in [5, 5.41) is 22.2. The van der Waals surface area contributed by atoms with Gasteiger partial charge in [0.1, 0.15) is 0 Å². The summed E-state index contributed by atoms with van der Waals surface area (Å²) < 4.78 is 0.266.